The molecule has 2 aliphatic heterocycles. The maximum atomic E-state index is 4.33. The van der Waals surface area contributed by atoms with Crippen LogP contribution >= 0.6 is 0 Å². The average molecular weight is 192 g/mol. The second kappa shape index (κ2) is 2.81. The molecule has 0 amide bonds. The zero-order valence-electron chi connectivity index (χ0n) is 8.53. The van der Waals surface area contributed by atoms with Crippen molar-refractivity contribution in [3.05, 3.63) is 18.2 Å². The summed E-state index contributed by atoms with van der Waals surface area (Å²) in [4.78, 5) is 6.81. The van der Waals surface area contributed by atoms with E-state index >= 15 is 0 Å². The molecule has 2 fully saturated rings. The van der Waals surface area contributed by atoms with Crippen LogP contribution in [0.2, 0.25) is 0 Å². The Labute approximate surface area is 83.9 Å². The van der Waals surface area contributed by atoms with Crippen LogP contribution in [0.4, 0.5) is 0 Å². The van der Waals surface area contributed by atoms with Gasteiger partial charge in [0.1, 0.15) is 0 Å². The first-order valence-electron chi connectivity index (χ1n) is 5.16. The van der Waals surface area contributed by atoms with E-state index in [0.717, 1.165) is 6.54 Å². The highest BCUT2D eigenvalue weighted by Crippen LogP contribution is 2.34. The molecule has 3 heterocycles. The van der Waals surface area contributed by atoms with Gasteiger partial charge in [-0.05, 0) is 0 Å². The predicted octanol–water partition coefficient (Wildman–Crippen LogP) is -0.175. The van der Waals surface area contributed by atoms with Crippen LogP contribution in [-0.2, 0) is 13.6 Å². The van der Waals surface area contributed by atoms with Crippen molar-refractivity contribution in [2.75, 3.05) is 26.2 Å². The molecule has 4 heteroatoms. The maximum Gasteiger partial charge on any atom is 0.0947 e. The molecule has 76 valence electrons. The largest absolute Gasteiger partial charge is 0.340 e. The fourth-order valence-corrected chi connectivity index (χ4v) is 2.49. The minimum Gasteiger partial charge on any atom is -0.340 e. The Hall–Kier alpha value is -0.870. The highest BCUT2D eigenvalue weighted by Gasteiger charge is 2.47. The van der Waals surface area contributed by atoms with Gasteiger partial charge in [-0.2, -0.15) is 0 Å². The summed E-state index contributed by atoms with van der Waals surface area (Å²) in [5, 5.41) is 3.35. The Morgan fingerprint density at radius 3 is 2.79 bits per heavy atom. The zero-order valence-corrected chi connectivity index (χ0v) is 8.53. The van der Waals surface area contributed by atoms with Crippen molar-refractivity contribution in [1.29, 1.82) is 0 Å². The van der Waals surface area contributed by atoms with Crippen LogP contribution in [0.5, 0.6) is 0 Å². The van der Waals surface area contributed by atoms with Gasteiger partial charge in [0.15, 0.2) is 0 Å². The molecule has 1 spiro atoms. The van der Waals surface area contributed by atoms with E-state index in [4.69, 9.17) is 0 Å². The van der Waals surface area contributed by atoms with Crippen molar-refractivity contribution >= 4 is 0 Å². The van der Waals surface area contributed by atoms with E-state index in [2.05, 4.69) is 21.4 Å². The van der Waals surface area contributed by atoms with Gasteiger partial charge in [-0.1, -0.05) is 0 Å². The number of hydrogen-bond acceptors (Lipinski definition) is 3. The fraction of sp³-hybridized carbons (Fsp3) is 0.700. The summed E-state index contributed by atoms with van der Waals surface area (Å²) < 4.78 is 2.01. The SMILES string of the molecule is Cn1cnc(CN2CC3(CNC3)C2)c1. The number of nitrogens with one attached hydrogen (secondary N) is 1. The summed E-state index contributed by atoms with van der Waals surface area (Å²) in [7, 11) is 2.02. The van der Waals surface area contributed by atoms with E-state index in [0.29, 0.717) is 5.41 Å². The molecule has 1 N–H and O–H groups in total. The van der Waals surface area contributed by atoms with E-state index in [1.54, 1.807) is 0 Å². The summed E-state index contributed by atoms with van der Waals surface area (Å²) >= 11 is 0. The second-order valence-corrected chi connectivity index (χ2v) is 4.78. The van der Waals surface area contributed by atoms with Gasteiger partial charge in [0.25, 0.3) is 0 Å². The number of aromatic nitrogens is 2. The van der Waals surface area contributed by atoms with Crippen molar-refractivity contribution in [3.63, 3.8) is 0 Å². The summed E-state index contributed by atoms with van der Waals surface area (Å²) in [5.41, 5.74) is 1.82. The molecular weight excluding hydrogens is 176 g/mol. The topological polar surface area (TPSA) is 33.1 Å². The highest BCUT2D eigenvalue weighted by molar-refractivity contribution is 5.06. The molecule has 1 aromatic rings. The molecule has 2 aliphatic rings. The number of rotatable bonds is 2. The van der Waals surface area contributed by atoms with Gasteiger partial charge in [0.2, 0.25) is 0 Å². The lowest BCUT2D eigenvalue weighted by Crippen LogP contribution is -2.70. The number of aryl methyl sites for hydroxylation is 1. The van der Waals surface area contributed by atoms with Crippen molar-refractivity contribution in [3.8, 4) is 0 Å². The molecule has 0 aliphatic carbocycles. The highest BCUT2D eigenvalue weighted by atomic mass is 15.3. The lowest BCUT2D eigenvalue weighted by molar-refractivity contribution is -0.0450. The van der Waals surface area contributed by atoms with E-state index in [1.165, 1.54) is 31.9 Å². The third-order valence-corrected chi connectivity index (χ3v) is 3.26. The molecule has 2 saturated heterocycles. The molecule has 0 radical (unpaired) electrons. The maximum absolute atomic E-state index is 4.33. The van der Waals surface area contributed by atoms with E-state index in [-0.39, 0.29) is 0 Å². The van der Waals surface area contributed by atoms with Crippen LogP contribution < -0.4 is 5.32 Å². The Morgan fingerprint density at radius 2 is 2.29 bits per heavy atom. The number of hydrogen-bond donors (Lipinski definition) is 1. The zero-order chi connectivity index (χ0) is 9.60. The summed E-state index contributed by atoms with van der Waals surface area (Å²) in [6.07, 6.45) is 3.97. The monoisotopic (exact) mass is 192 g/mol. The van der Waals surface area contributed by atoms with Crippen LogP contribution in [0.1, 0.15) is 5.69 Å². The molecule has 4 nitrogen and oxygen atoms in total. The first kappa shape index (κ1) is 8.44. The molecule has 0 unspecified atom stereocenters. The second-order valence-electron chi connectivity index (χ2n) is 4.78. The number of imidazole rings is 1. The first-order valence-corrected chi connectivity index (χ1v) is 5.16. The van der Waals surface area contributed by atoms with E-state index in [9.17, 15) is 0 Å². The lowest BCUT2D eigenvalue weighted by Gasteiger charge is -2.56. The van der Waals surface area contributed by atoms with Gasteiger partial charge in [-0.15, -0.1) is 0 Å². The Morgan fingerprint density at radius 1 is 1.50 bits per heavy atom. The van der Waals surface area contributed by atoms with Gasteiger partial charge in [0.05, 0.1) is 12.0 Å². The first-order chi connectivity index (χ1) is 6.76. The molecule has 3 rings (SSSR count). The van der Waals surface area contributed by atoms with Crippen LogP contribution in [0.15, 0.2) is 12.5 Å². The van der Waals surface area contributed by atoms with Crippen LogP contribution in [0.3, 0.4) is 0 Å². The minimum absolute atomic E-state index is 0.634. The third kappa shape index (κ3) is 1.26. The Balaban J connectivity index is 1.55. The molecule has 0 bridgehead atoms. The Bertz CT molecular complexity index is 332. The normalized spacial score (nSPS) is 24.6. The standard InChI is InChI=1S/C10H16N4/c1-13-2-9(12-8-13)3-14-6-10(7-14)4-11-5-10/h2,8,11H,3-7H2,1H3. The van der Waals surface area contributed by atoms with Gasteiger partial charge in [0, 0.05) is 51.4 Å². The van der Waals surface area contributed by atoms with Gasteiger partial charge in [-0.3, -0.25) is 4.90 Å². The van der Waals surface area contributed by atoms with Crippen molar-refractivity contribution in [1.82, 2.24) is 19.8 Å². The van der Waals surface area contributed by atoms with Crippen LogP contribution in [0.25, 0.3) is 0 Å². The van der Waals surface area contributed by atoms with Gasteiger partial charge < -0.3 is 9.88 Å². The quantitative estimate of drug-likeness (QED) is 0.706. The van der Waals surface area contributed by atoms with Gasteiger partial charge >= 0.3 is 0 Å². The molecule has 1 aromatic heterocycles. The third-order valence-electron chi connectivity index (χ3n) is 3.26. The molecular formula is C10H16N4. The number of nitrogens with zero attached hydrogens (tertiary/aromatic N) is 3. The summed E-state index contributed by atoms with van der Waals surface area (Å²) in [5.74, 6) is 0. The molecule has 0 saturated carbocycles. The van der Waals surface area contributed by atoms with Crippen molar-refractivity contribution in [2.24, 2.45) is 12.5 Å². The fourth-order valence-electron chi connectivity index (χ4n) is 2.49. The van der Waals surface area contributed by atoms with E-state index in [1.807, 2.05) is 17.9 Å². The average Bonchev–Trinajstić information content (AvgIpc) is 2.39. The van der Waals surface area contributed by atoms with Crippen molar-refractivity contribution < 1.29 is 0 Å². The Kier molecular flexibility index (Phi) is 1.69. The smallest absolute Gasteiger partial charge is 0.0947 e. The van der Waals surface area contributed by atoms with Crippen molar-refractivity contribution in [2.45, 2.75) is 6.54 Å². The lowest BCUT2D eigenvalue weighted by atomic mass is 9.74. The molecule has 0 atom stereocenters. The number of likely N-dealkylation sites (tertiary alicyclic amines) is 1. The van der Waals surface area contributed by atoms with Gasteiger partial charge in [-0.25, -0.2) is 4.98 Å². The van der Waals surface area contributed by atoms with Crippen LogP contribution in [-0.4, -0.2) is 40.6 Å². The predicted molar refractivity (Wildman–Crippen MR) is 53.8 cm³/mol. The summed E-state index contributed by atoms with van der Waals surface area (Å²) in [6, 6.07) is 0. The van der Waals surface area contributed by atoms with E-state index < -0.39 is 0 Å². The minimum atomic E-state index is 0.634. The van der Waals surface area contributed by atoms with Crippen LogP contribution in [0, 0.1) is 5.41 Å². The molecule has 0 aromatic carbocycles. The summed E-state index contributed by atoms with van der Waals surface area (Å²) in [6.45, 7) is 5.94. The molecule has 14 heavy (non-hydrogen) atoms.